The van der Waals surface area contributed by atoms with Crippen LogP contribution in [0.2, 0.25) is 0 Å². The van der Waals surface area contributed by atoms with Crippen molar-refractivity contribution in [2.24, 2.45) is 7.05 Å². The summed E-state index contributed by atoms with van der Waals surface area (Å²) in [5.41, 5.74) is 0.696. The van der Waals surface area contributed by atoms with Crippen LogP contribution in [0.5, 0.6) is 5.75 Å². The molecule has 0 unspecified atom stereocenters. The molecular weight excluding hydrogens is 306 g/mol. The Morgan fingerprint density at radius 1 is 1.38 bits per heavy atom. The molecule has 126 valence electrons. The predicted molar refractivity (Wildman–Crippen MR) is 87.9 cm³/mol. The third-order valence-corrected chi connectivity index (χ3v) is 4.82. The molecule has 0 spiro atoms. The van der Waals surface area contributed by atoms with Gasteiger partial charge in [-0.2, -0.15) is 0 Å². The van der Waals surface area contributed by atoms with Crippen LogP contribution in [0.25, 0.3) is 0 Å². The number of fused-ring (bicyclic) bond motifs is 1. The van der Waals surface area contributed by atoms with Crippen molar-refractivity contribution >= 4 is 5.91 Å². The number of rotatable bonds is 3. The van der Waals surface area contributed by atoms with E-state index in [1.807, 2.05) is 47.0 Å². The first-order chi connectivity index (χ1) is 11.7. The second-order valence-corrected chi connectivity index (χ2v) is 6.35. The second-order valence-electron chi connectivity index (χ2n) is 6.35. The number of pyridine rings is 1. The maximum Gasteiger partial charge on any atom is 0.270 e. The smallest absolute Gasteiger partial charge is 0.270 e. The minimum Gasteiger partial charge on any atom is -0.484 e. The normalized spacial score (nSPS) is 26.2. The Balaban J connectivity index is 1.57. The highest BCUT2D eigenvalue weighted by molar-refractivity contribution is 5.93. The van der Waals surface area contributed by atoms with Crippen LogP contribution in [-0.2, 0) is 11.8 Å². The first-order valence-corrected chi connectivity index (χ1v) is 8.34. The van der Waals surface area contributed by atoms with Gasteiger partial charge in [0.2, 0.25) is 0 Å². The van der Waals surface area contributed by atoms with E-state index in [1.54, 1.807) is 12.4 Å². The fourth-order valence-corrected chi connectivity index (χ4v) is 3.67. The van der Waals surface area contributed by atoms with Crippen LogP contribution in [-0.4, -0.2) is 51.8 Å². The van der Waals surface area contributed by atoms with Gasteiger partial charge >= 0.3 is 0 Å². The van der Waals surface area contributed by atoms with E-state index < -0.39 is 0 Å². The van der Waals surface area contributed by atoms with E-state index in [0.29, 0.717) is 18.0 Å². The lowest BCUT2D eigenvalue weighted by atomic mass is 10.0. The molecule has 2 fully saturated rings. The molecular formula is C18H21N3O3. The first-order valence-electron chi connectivity index (χ1n) is 8.34. The monoisotopic (exact) mass is 327 g/mol. The van der Waals surface area contributed by atoms with Gasteiger partial charge in [0.15, 0.2) is 0 Å². The van der Waals surface area contributed by atoms with Gasteiger partial charge in [-0.1, -0.05) is 0 Å². The van der Waals surface area contributed by atoms with E-state index >= 15 is 0 Å². The van der Waals surface area contributed by atoms with Crippen LogP contribution in [0.3, 0.4) is 0 Å². The summed E-state index contributed by atoms with van der Waals surface area (Å²) in [6, 6.07) is 7.55. The van der Waals surface area contributed by atoms with Crippen LogP contribution >= 0.6 is 0 Å². The van der Waals surface area contributed by atoms with E-state index in [-0.39, 0.29) is 24.2 Å². The number of carbonyl (C=O) groups excluding carboxylic acids is 1. The zero-order chi connectivity index (χ0) is 16.5. The molecule has 3 atom stereocenters. The molecule has 0 bridgehead atoms. The van der Waals surface area contributed by atoms with E-state index in [1.165, 1.54) is 0 Å². The fourth-order valence-electron chi connectivity index (χ4n) is 3.67. The van der Waals surface area contributed by atoms with Gasteiger partial charge in [-0.15, -0.1) is 0 Å². The molecule has 0 aromatic carbocycles. The van der Waals surface area contributed by atoms with Gasteiger partial charge in [0.25, 0.3) is 5.91 Å². The Kier molecular flexibility index (Phi) is 3.98. The van der Waals surface area contributed by atoms with Crippen molar-refractivity contribution in [2.75, 3.05) is 13.2 Å². The van der Waals surface area contributed by atoms with Gasteiger partial charge in [-0.25, -0.2) is 0 Å². The van der Waals surface area contributed by atoms with Crippen molar-refractivity contribution < 1.29 is 14.3 Å². The molecule has 2 aliphatic rings. The number of hydrogen-bond donors (Lipinski definition) is 0. The average molecular weight is 327 g/mol. The molecule has 0 aliphatic carbocycles. The van der Waals surface area contributed by atoms with Crippen molar-refractivity contribution in [1.29, 1.82) is 0 Å². The van der Waals surface area contributed by atoms with Crippen molar-refractivity contribution in [1.82, 2.24) is 14.5 Å². The number of hydrogen-bond acceptors (Lipinski definition) is 4. The summed E-state index contributed by atoms with van der Waals surface area (Å²) in [5, 5.41) is 0. The fraction of sp³-hybridized carbons (Fsp3) is 0.444. The number of amides is 1. The van der Waals surface area contributed by atoms with E-state index in [9.17, 15) is 4.79 Å². The Morgan fingerprint density at radius 2 is 2.29 bits per heavy atom. The van der Waals surface area contributed by atoms with Gasteiger partial charge in [0.1, 0.15) is 23.7 Å². The molecule has 0 N–H and O–H groups in total. The number of likely N-dealkylation sites (tertiary alicyclic amines) is 1. The minimum absolute atomic E-state index is 0.0419. The highest BCUT2D eigenvalue weighted by Gasteiger charge is 2.47. The van der Waals surface area contributed by atoms with Crippen molar-refractivity contribution in [3.63, 3.8) is 0 Å². The minimum atomic E-state index is -0.163. The Hall–Kier alpha value is -2.34. The maximum atomic E-state index is 13.0. The number of ether oxygens (including phenoxy) is 2. The summed E-state index contributed by atoms with van der Waals surface area (Å²) >= 11 is 0. The van der Waals surface area contributed by atoms with Crippen LogP contribution in [0, 0.1) is 0 Å². The van der Waals surface area contributed by atoms with Crippen LogP contribution < -0.4 is 4.74 Å². The molecule has 24 heavy (non-hydrogen) atoms. The Morgan fingerprint density at radius 3 is 3.04 bits per heavy atom. The standard InChI is InChI=1S/C18H21N3O3/c1-20-9-3-6-15(20)18(22)21-12-16(17-14(21)7-4-10-23-17)24-13-5-2-8-19-11-13/h2-3,5-6,8-9,11,14,16-17H,4,7,10,12H2,1H3/t14-,16-,17+/m1/s1. The predicted octanol–water partition coefficient (Wildman–Crippen LogP) is 1.87. The highest BCUT2D eigenvalue weighted by atomic mass is 16.5. The van der Waals surface area contributed by atoms with Crippen LogP contribution in [0.1, 0.15) is 23.3 Å². The van der Waals surface area contributed by atoms with Crippen LogP contribution in [0.4, 0.5) is 0 Å². The van der Waals surface area contributed by atoms with Gasteiger partial charge in [-0.3, -0.25) is 9.78 Å². The van der Waals surface area contributed by atoms with Crippen molar-refractivity contribution in [3.8, 4) is 5.75 Å². The summed E-state index contributed by atoms with van der Waals surface area (Å²) in [4.78, 5) is 19.0. The molecule has 1 amide bonds. The summed E-state index contributed by atoms with van der Waals surface area (Å²) < 4.78 is 13.9. The second kappa shape index (κ2) is 6.28. The van der Waals surface area contributed by atoms with Gasteiger partial charge in [0.05, 0.1) is 18.8 Å². The van der Waals surface area contributed by atoms with E-state index in [4.69, 9.17) is 9.47 Å². The molecule has 2 aliphatic heterocycles. The van der Waals surface area contributed by atoms with Crippen molar-refractivity contribution in [3.05, 3.63) is 48.5 Å². The largest absolute Gasteiger partial charge is 0.484 e. The van der Waals surface area contributed by atoms with E-state index in [2.05, 4.69) is 4.98 Å². The molecule has 0 radical (unpaired) electrons. The SMILES string of the molecule is Cn1cccc1C(=O)N1C[C@@H](Oc2cccnc2)[C@H]2OCCC[C@H]21. The summed E-state index contributed by atoms with van der Waals surface area (Å²) in [6.45, 7) is 1.26. The molecule has 4 rings (SSSR count). The lowest BCUT2D eigenvalue weighted by molar-refractivity contribution is -0.0447. The molecule has 6 heteroatoms. The van der Waals surface area contributed by atoms with Crippen LogP contribution in [0.15, 0.2) is 42.9 Å². The molecule has 4 heterocycles. The van der Waals surface area contributed by atoms with Gasteiger partial charge in [-0.05, 0) is 37.1 Å². The first kappa shape index (κ1) is 15.2. The molecule has 0 saturated carbocycles. The van der Waals surface area contributed by atoms with Crippen molar-refractivity contribution in [2.45, 2.75) is 31.1 Å². The number of carbonyl (C=O) groups is 1. The quantitative estimate of drug-likeness (QED) is 0.864. The Labute approximate surface area is 141 Å². The zero-order valence-electron chi connectivity index (χ0n) is 13.7. The highest BCUT2D eigenvalue weighted by Crippen LogP contribution is 2.32. The molecule has 2 saturated heterocycles. The van der Waals surface area contributed by atoms with E-state index in [0.717, 1.165) is 19.4 Å². The lowest BCUT2D eigenvalue weighted by Gasteiger charge is -2.32. The maximum absolute atomic E-state index is 13.0. The molecule has 6 nitrogen and oxygen atoms in total. The molecule has 2 aromatic rings. The number of aromatic nitrogens is 2. The Bertz CT molecular complexity index is 715. The summed E-state index contributed by atoms with van der Waals surface area (Å²) in [7, 11) is 1.89. The topological polar surface area (TPSA) is 56.6 Å². The van der Waals surface area contributed by atoms with Gasteiger partial charge in [0, 0.05) is 26.0 Å². The van der Waals surface area contributed by atoms with Gasteiger partial charge < -0.3 is 18.9 Å². The number of aryl methyl sites for hydroxylation is 1. The zero-order valence-corrected chi connectivity index (χ0v) is 13.7. The summed E-state index contributed by atoms with van der Waals surface area (Å²) in [5.74, 6) is 0.754. The average Bonchev–Trinajstić information content (AvgIpc) is 3.20. The lowest BCUT2D eigenvalue weighted by Crippen LogP contribution is -2.44. The molecule has 2 aromatic heterocycles. The summed E-state index contributed by atoms with van der Waals surface area (Å²) in [6.07, 6.45) is 6.98. The third-order valence-electron chi connectivity index (χ3n) is 4.82. The third kappa shape index (κ3) is 2.67. The number of nitrogens with zero attached hydrogens (tertiary/aromatic N) is 3.